The van der Waals surface area contributed by atoms with E-state index < -0.39 is 0 Å². The lowest BCUT2D eigenvalue weighted by atomic mass is 9.49. The number of esters is 1. The molecular weight excluding hydrogens is 274 g/mol. The molecule has 5 rings (SSSR count). The molecular formula is C19H31NO2. The zero-order valence-electron chi connectivity index (χ0n) is 14.1. The number of piperidine rings is 1. The van der Waals surface area contributed by atoms with Crippen LogP contribution in [0.3, 0.4) is 0 Å². The topological polar surface area (TPSA) is 29.5 Å². The van der Waals surface area contributed by atoms with Crippen molar-refractivity contribution in [3.05, 3.63) is 0 Å². The molecule has 5 fully saturated rings. The lowest BCUT2D eigenvalue weighted by molar-refractivity contribution is -0.177. The summed E-state index contributed by atoms with van der Waals surface area (Å²) in [6.45, 7) is 5.38. The van der Waals surface area contributed by atoms with E-state index in [0.29, 0.717) is 0 Å². The number of hydrogen-bond acceptors (Lipinski definition) is 3. The normalized spacial score (nSPS) is 42.3. The SMILES string of the molecule is C[C@H](CN1CCCCC1)OC(=O)C12CC3CC(CC(C3)C1)C2. The van der Waals surface area contributed by atoms with Gasteiger partial charge in [0, 0.05) is 6.54 Å². The lowest BCUT2D eigenvalue weighted by Crippen LogP contribution is -2.51. The van der Waals surface area contributed by atoms with Gasteiger partial charge in [0.2, 0.25) is 0 Å². The Hall–Kier alpha value is -0.570. The summed E-state index contributed by atoms with van der Waals surface area (Å²) < 4.78 is 5.96. The second-order valence-electron chi connectivity index (χ2n) is 8.78. The third kappa shape index (κ3) is 2.81. The van der Waals surface area contributed by atoms with Gasteiger partial charge in [-0.25, -0.2) is 0 Å². The van der Waals surface area contributed by atoms with Crippen molar-refractivity contribution >= 4 is 5.97 Å². The Kier molecular flexibility index (Phi) is 3.96. The minimum Gasteiger partial charge on any atom is -0.461 e. The zero-order valence-corrected chi connectivity index (χ0v) is 14.1. The van der Waals surface area contributed by atoms with Gasteiger partial charge in [-0.15, -0.1) is 0 Å². The molecule has 22 heavy (non-hydrogen) atoms. The van der Waals surface area contributed by atoms with Crippen LogP contribution in [-0.4, -0.2) is 36.6 Å². The van der Waals surface area contributed by atoms with Gasteiger partial charge in [0.25, 0.3) is 0 Å². The van der Waals surface area contributed by atoms with E-state index >= 15 is 0 Å². The molecule has 3 nitrogen and oxygen atoms in total. The predicted molar refractivity (Wildman–Crippen MR) is 86.5 cm³/mol. The number of carbonyl (C=O) groups excluding carboxylic acids is 1. The van der Waals surface area contributed by atoms with Gasteiger partial charge in [-0.1, -0.05) is 6.42 Å². The van der Waals surface area contributed by atoms with Crippen LogP contribution in [0.4, 0.5) is 0 Å². The third-order valence-electron chi connectivity index (χ3n) is 6.74. The smallest absolute Gasteiger partial charge is 0.312 e. The van der Waals surface area contributed by atoms with E-state index in [0.717, 1.165) is 43.6 Å². The van der Waals surface area contributed by atoms with Gasteiger partial charge in [-0.3, -0.25) is 9.69 Å². The zero-order chi connectivity index (χ0) is 15.2. The van der Waals surface area contributed by atoms with Crippen LogP contribution >= 0.6 is 0 Å². The summed E-state index contributed by atoms with van der Waals surface area (Å²) in [5.41, 5.74) is -0.0924. The Bertz CT molecular complexity index is 392. The summed E-state index contributed by atoms with van der Waals surface area (Å²) >= 11 is 0. The fourth-order valence-electron chi connectivity index (χ4n) is 6.21. The van der Waals surface area contributed by atoms with Crippen LogP contribution in [-0.2, 0) is 9.53 Å². The van der Waals surface area contributed by atoms with E-state index in [1.807, 2.05) is 0 Å². The van der Waals surface area contributed by atoms with E-state index in [-0.39, 0.29) is 17.5 Å². The second kappa shape index (κ2) is 5.81. The minimum atomic E-state index is -0.0924. The number of rotatable bonds is 4. The number of likely N-dealkylation sites (tertiary alicyclic amines) is 1. The molecule has 0 amide bonds. The first-order valence-electron chi connectivity index (χ1n) is 9.56. The molecule has 4 saturated carbocycles. The van der Waals surface area contributed by atoms with Gasteiger partial charge in [0.15, 0.2) is 0 Å². The molecule has 0 radical (unpaired) electrons. The summed E-state index contributed by atoms with van der Waals surface area (Å²) in [6, 6.07) is 0. The Balaban J connectivity index is 1.35. The van der Waals surface area contributed by atoms with Crippen molar-refractivity contribution in [3.8, 4) is 0 Å². The molecule has 0 unspecified atom stereocenters. The first-order valence-corrected chi connectivity index (χ1v) is 9.56. The van der Waals surface area contributed by atoms with Crippen LogP contribution in [0, 0.1) is 23.2 Å². The van der Waals surface area contributed by atoms with Gasteiger partial charge in [-0.2, -0.15) is 0 Å². The molecule has 0 spiro atoms. The molecule has 5 aliphatic rings. The molecule has 4 bridgehead atoms. The predicted octanol–water partition coefficient (Wildman–Crippen LogP) is 3.62. The maximum atomic E-state index is 12.9. The van der Waals surface area contributed by atoms with Crippen LogP contribution in [0.5, 0.6) is 0 Å². The minimum absolute atomic E-state index is 0.0543. The quantitative estimate of drug-likeness (QED) is 0.743. The Morgan fingerprint density at radius 2 is 1.59 bits per heavy atom. The van der Waals surface area contributed by atoms with Crippen molar-refractivity contribution in [3.63, 3.8) is 0 Å². The first kappa shape index (κ1) is 15.0. The molecule has 1 saturated heterocycles. The summed E-state index contributed by atoms with van der Waals surface area (Å²) in [4.78, 5) is 15.4. The van der Waals surface area contributed by atoms with Crippen molar-refractivity contribution < 1.29 is 9.53 Å². The Morgan fingerprint density at radius 1 is 1.05 bits per heavy atom. The van der Waals surface area contributed by atoms with Crippen molar-refractivity contribution in [1.82, 2.24) is 4.90 Å². The molecule has 124 valence electrons. The second-order valence-corrected chi connectivity index (χ2v) is 8.78. The molecule has 0 aromatic carbocycles. The molecule has 1 atom stereocenters. The lowest BCUT2D eigenvalue weighted by Gasteiger charge is -2.55. The van der Waals surface area contributed by atoms with Crippen molar-refractivity contribution in [2.24, 2.45) is 23.2 Å². The van der Waals surface area contributed by atoms with E-state index in [1.165, 1.54) is 51.6 Å². The molecule has 0 N–H and O–H groups in total. The molecule has 4 aliphatic carbocycles. The molecule has 3 heteroatoms. The number of nitrogens with zero attached hydrogens (tertiary/aromatic N) is 1. The maximum Gasteiger partial charge on any atom is 0.312 e. The van der Waals surface area contributed by atoms with Crippen LogP contribution < -0.4 is 0 Å². The van der Waals surface area contributed by atoms with Gasteiger partial charge in [-0.05, 0) is 89.1 Å². The first-order chi connectivity index (χ1) is 10.6. The standard InChI is InChI=1S/C19H31NO2/c1-14(13-20-5-3-2-4-6-20)22-18(21)19-10-15-7-16(11-19)9-17(8-15)12-19/h14-17H,2-13H2,1H3/t14-,15?,16?,17?,19?/m1/s1. The highest BCUT2D eigenvalue weighted by Crippen LogP contribution is 2.60. The van der Waals surface area contributed by atoms with Crippen LogP contribution in [0.1, 0.15) is 64.7 Å². The molecule has 0 aromatic rings. The highest BCUT2D eigenvalue weighted by atomic mass is 16.5. The van der Waals surface area contributed by atoms with E-state index in [9.17, 15) is 4.79 Å². The fourth-order valence-corrected chi connectivity index (χ4v) is 6.21. The average molecular weight is 305 g/mol. The summed E-state index contributed by atoms with van der Waals surface area (Å²) in [5.74, 6) is 2.60. The summed E-state index contributed by atoms with van der Waals surface area (Å²) in [7, 11) is 0. The maximum absolute atomic E-state index is 12.9. The number of carbonyl (C=O) groups is 1. The van der Waals surface area contributed by atoms with Crippen LogP contribution in [0.15, 0.2) is 0 Å². The van der Waals surface area contributed by atoms with Gasteiger partial charge in [0.05, 0.1) is 5.41 Å². The fraction of sp³-hybridized carbons (Fsp3) is 0.947. The van der Waals surface area contributed by atoms with E-state index in [4.69, 9.17) is 4.74 Å². The van der Waals surface area contributed by atoms with Gasteiger partial charge < -0.3 is 4.74 Å². The Morgan fingerprint density at radius 3 is 2.14 bits per heavy atom. The van der Waals surface area contributed by atoms with Crippen LogP contribution in [0.25, 0.3) is 0 Å². The highest BCUT2D eigenvalue weighted by Gasteiger charge is 2.55. The molecule has 1 aliphatic heterocycles. The number of ether oxygens (including phenoxy) is 1. The highest BCUT2D eigenvalue weighted by molar-refractivity contribution is 5.77. The monoisotopic (exact) mass is 305 g/mol. The van der Waals surface area contributed by atoms with E-state index in [2.05, 4.69) is 11.8 Å². The van der Waals surface area contributed by atoms with Crippen molar-refractivity contribution in [2.75, 3.05) is 19.6 Å². The average Bonchev–Trinajstić information content (AvgIpc) is 2.46. The van der Waals surface area contributed by atoms with Crippen molar-refractivity contribution in [1.29, 1.82) is 0 Å². The third-order valence-corrected chi connectivity index (χ3v) is 6.74. The summed E-state index contributed by atoms with van der Waals surface area (Å²) in [6.07, 6.45) is 11.5. The largest absolute Gasteiger partial charge is 0.461 e. The van der Waals surface area contributed by atoms with Crippen molar-refractivity contribution in [2.45, 2.75) is 70.8 Å². The van der Waals surface area contributed by atoms with E-state index in [1.54, 1.807) is 0 Å². The van der Waals surface area contributed by atoms with Gasteiger partial charge >= 0.3 is 5.97 Å². The molecule has 1 heterocycles. The number of hydrogen-bond donors (Lipinski definition) is 0. The summed E-state index contributed by atoms with van der Waals surface area (Å²) in [5, 5.41) is 0. The Labute approximate surface area is 134 Å². The van der Waals surface area contributed by atoms with Crippen LogP contribution in [0.2, 0.25) is 0 Å². The van der Waals surface area contributed by atoms with Gasteiger partial charge in [0.1, 0.15) is 6.10 Å². The molecule has 0 aromatic heterocycles.